The van der Waals surface area contributed by atoms with Crippen LogP contribution in [0.5, 0.6) is 0 Å². The molecular weight excluding hydrogens is 184 g/mol. The third-order valence-corrected chi connectivity index (χ3v) is 2.53. The van der Waals surface area contributed by atoms with Crippen LogP contribution in [0.15, 0.2) is 0 Å². The maximum atomic E-state index is 5.60. The molecule has 2 atom stereocenters. The number of hydrogen-bond donors (Lipinski definition) is 0. The Morgan fingerprint density at radius 1 is 1.64 bits per heavy atom. The van der Waals surface area contributed by atoms with Crippen molar-refractivity contribution in [2.45, 2.75) is 18.8 Å². The SMILES string of the molecule is CSCCC1OCC(CCl)O1. The summed E-state index contributed by atoms with van der Waals surface area (Å²) < 4.78 is 10.8. The van der Waals surface area contributed by atoms with Crippen LogP contribution >= 0.6 is 23.4 Å². The Balaban J connectivity index is 2.09. The van der Waals surface area contributed by atoms with Gasteiger partial charge >= 0.3 is 0 Å². The van der Waals surface area contributed by atoms with Gasteiger partial charge in [-0.25, -0.2) is 0 Å². The molecular formula is C7H13ClO2S. The summed E-state index contributed by atoms with van der Waals surface area (Å²) >= 11 is 7.40. The number of rotatable bonds is 4. The minimum atomic E-state index is -0.00815. The van der Waals surface area contributed by atoms with Crippen LogP contribution in [0, 0.1) is 0 Å². The fraction of sp³-hybridized carbons (Fsp3) is 1.00. The number of ether oxygens (including phenoxy) is 2. The van der Waals surface area contributed by atoms with Gasteiger partial charge in [0.05, 0.1) is 18.6 Å². The largest absolute Gasteiger partial charge is 0.350 e. The van der Waals surface area contributed by atoms with Crippen molar-refractivity contribution in [1.29, 1.82) is 0 Å². The highest BCUT2D eigenvalue weighted by atomic mass is 35.5. The Morgan fingerprint density at radius 2 is 2.45 bits per heavy atom. The first kappa shape index (κ1) is 9.65. The zero-order chi connectivity index (χ0) is 8.10. The average Bonchev–Trinajstić information content (AvgIpc) is 2.48. The van der Waals surface area contributed by atoms with Crippen LogP contribution in [0.4, 0.5) is 0 Å². The van der Waals surface area contributed by atoms with Crippen LogP contribution in [0.3, 0.4) is 0 Å². The Hall–Kier alpha value is 0.560. The molecule has 0 radical (unpaired) electrons. The molecule has 1 fully saturated rings. The van der Waals surface area contributed by atoms with Gasteiger partial charge in [0.2, 0.25) is 0 Å². The molecule has 2 unspecified atom stereocenters. The maximum Gasteiger partial charge on any atom is 0.159 e. The summed E-state index contributed by atoms with van der Waals surface area (Å²) in [5.74, 6) is 1.62. The predicted molar refractivity (Wildman–Crippen MR) is 48.3 cm³/mol. The van der Waals surface area contributed by atoms with Gasteiger partial charge in [-0.05, 0) is 12.0 Å². The van der Waals surface area contributed by atoms with Crippen molar-refractivity contribution < 1.29 is 9.47 Å². The normalized spacial score (nSPS) is 31.1. The molecule has 1 rings (SSSR count). The Morgan fingerprint density at radius 3 is 3.00 bits per heavy atom. The first-order valence-corrected chi connectivity index (χ1v) is 5.61. The van der Waals surface area contributed by atoms with Gasteiger partial charge in [-0.1, -0.05) is 0 Å². The molecule has 0 amide bonds. The van der Waals surface area contributed by atoms with E-state index in [-0.39, 0.29) is 12.4 Å². The highest BCUT2D eigenvalue weighted by molar-refractivity contribution is 7.98. The molecule has 1 saturated heterocycles. The molecule has 1 aliphatic heterocycles. The molecule has 1 heterocycles. The van der Waals surface area contributed by atoms with Gasteiger partial charge < -0.3 is 9.47 Å². The van der Waals surface area contributed by atoms with Crippen molar-refractivity contribution in [3.05, 3.63) is 0 Å². The Labute approximate surface area is 76.6 Å². The van der Waals surface area contributed by atoms with Gasteiger partial charge in [-0.15, -0.1) is 11.6 Å². The fourth-order valence-electron chi connectivity index (χ4n) is 0.954. The third-order valence-electron chi connectivity index (χ3n) is 1.54. The minimum absolute atomic E-state index is 0.00815. The van der Waals surface area contributed by atoms with Gasteiger partial charge in [-0.3, -0.25) is 0 Å². The quantitative estimate of drug-likeness (QED) is 0.638. The van der Waals surface area contributed by atoms with Gasteiger partial charge in [0, 0.05) is 6.42 Å². The monoisotopic (exact) mass is 196 g/mol. The second kappa shape index (κ2) is 5.25. The molecule has 0 spiro atoms. The molecule has 2 nitrogen and oxygen atoms in total. The van der Waals surface area contributed by atoms with E-state index in [0.29, 0.717) is 12.5 Å². The van der Waals surface area contributed by atoms with Crippen LogP contribution < -0.4 is 0 Å². The van der Waals surface area contributed by atoms with E-state index >= 15 is 0 Å². The molecule has 0 N–H and O–H groups in total. The summed E-state index contributed by atoms with van der Waals surface area (Å²) in [6.07, 6.45) is 3.15. The molecule has 0 aliphatic carbocycles. The first-order valence-electron chi connectivity index (χ1n) is 3.68. The third kappa shape index (κ3) is 3.20. The van der Waals surface area contributed by atoms with Gasteiger partial charge in [0.25, 0.3) is 0 Å². The van der Waals surface area contributed by atoms with Crippen LogP contribution in [0.1, 0.15) is 6.42 Å². The number of alkyl halides is 1. The molecule has 0 saturated carbocycles. The summed E-state index contributed by atoms with van der Waals surface area (Å²) in [5, 5.41) is 0. The lowest BCUT2D eigenvalue weighted by Crippen LogP contribution is -2.14. The van der Waals surface area contributed by atoms with Crippen LogP contribution in [-0.2, 0) is 9.47 Å². The summed E-state index contributed by atoms with van der Waals surface area (Å²) in [6, 6.07) is 0. The number of hydrogen-bond acceptors (Lipinski definition) is 3. The maximum absolute atomic E-state index is 5.60. The van der Waals surface area contributed by atoms with Crippen molar-refractivity contribution in [2.24, 2.45) is 0 Å². The summed E-state index contributed by atoms with van der Waals surface area (Å²) in [5.41, 5.74) is 0. The second-order valence-electron chi connectivity index (χ2n) is 2.46. The van der Waals surface area contributed by atoms with Crippen LogP contribution in [-0.4, -0.2) is 36.9 Å². The number of thioether (sulfide) groups is 1. The zero-order valence-electron chi connectivity index (χ0n) is 6.59. The van der Waals surface area contributed by atoms with E-state index in [4.69, 9.17) is 21.1 Å². The second-order valence-corrected chi connectivity index (χ2v) is 3.75. The molecule has 66 valence electrons. The highest BCUT2D eigenvalue weighted by Crippen LogP contribution is 2.16. The minimum Gasteiger partial charge on any atom is -0.350 e. The molecule has 1 aliphatic rings. The molecule has 0 bridgehead atoms. The molecule has 0 aromatic heterocycles. The predicted octanol–water partition coefficient (Wildman–Crippen LogP) is 1.72. The van der Waals surface area contributed by atoms with Gasteiger partial charge in [0.15, 0.2) is 6.29 Å². The van der Waals surface area contributed by atoms with E-state index < -0.39 is 0 Å². The fourth-order valence-corrected chi connectivity index (χ4v) is 1.54. The Kier molecular flexibility index (Phi) is 4.60. The molecule has 0 aromatic carbocycles. The van der Waals surface area contributed by atoms with E-state index in [1.54, 1.807) is 11.8 Å². The lowest BCUT2D eigenvalue weighted by molar-refractivity contribution is -0.0544. The van der Waals surface area contributed by atoms with E-state index in [1.807, 2.05) is 0 Å². The lowest BCUT2D eigenvalue weighted by Gasteiger charge is -2.08. The van der Waals surface area contributed by atoms with Crippen LogP contribution in [0.25, 0.3) is 0 Å². The van der Waals surface area contributed by atoms with Crippen LogP contribution in [0.2, 0.25) is 0 Å². The molecule has 11 heavy (non-hydrogen) atoms. The van der Waals surface area contributed by atoms with Crippen molar-refractivity contribution >= 4 is 23.4 Å². The van der Waals surface area contributed by atoms with E-state index in [9.17, 15) is 0 Å². The zero-order valence-corrected chi connectivity index (χ0v) is 8.16. The number of halogens is 1. The molecule has 0 aromatic rings. The van der Waals surface area contributed by atoms with Crippen molar-refractivity contribution in [1.82, 2.24) is 0 Å². The average molecular weight is 197 g/mol. The van der Waals surface area contributed by atoms with Gasteiger partial charge in [0.1, 0.15) is 0 Å². The highest BCUT2D eigenvalue weighted by Gasteiger charge is 2.24. The standard InChI is InChI=1S/C7H13ClO2S/c1-11-3-2-7-9-5-6(4-8)10-7/h6-7H,2-5H2,1H3. The van der Waals surface area contributed by atoms with E-state index in [2.05, 4.69) is 6.26 Å². The van der Waals surface area contributed by atoms with E-state index in [1.165, 1.54) is 0 Å². The van der Waals surface area contributed by atoms with Crippen molar-refractivity contribution in [2.75, 3.05) is 24.5 Å². The summed E-state index contributed by atoms with van der Waals surface area (Å²) in [4.78, 5) is 0. The summed E-state index contributed by atoms with van der Waals surface area (Å²) in [6.45, 7) is 0.655. The topological polar surface area (TPSA) is 18.5 Å². The van der Waals surface area contributed by atoms with Gasteiger partial charge in [-0.2, -0.15) is 11.8 Å². The lowest BCUT2D eigenvalue weighted by atomic mass is 10.4. The van der Waals surface area contributed by atoms with E-state index in [0.717, 1.165) is 12.2 Å². The summed E-state index contributed by atoms with van der Waals surface area (Å²) in [7, 11) is 0. The smallest absolute Gasteiger partial charge is 0.159 e. The van der Waals surface area contributed by atoms with Crippen molar-refractivity contribution in [3.8, 4) is 0 Å². The van der Waals surface area contributed by atoms with Crippen molar-refractivity contribution in [3.63, 3.8) is 0 Å². The Bertz CT molecular complexity index is 113. The molecule has 4 heteroatoms. The first-order chi connectivity index (χ1) is 5.36.